The Balaban J connectivity index is 2.39. The van der Waals surface area contributed by atoms with Crippen molar-refractivity contribution in [1.29, 1.82) is 0 Å². The number of aromatic nitrogens is 1. The van der Waals surface area contributed by atoms with E-state index in [0.29, 0.717) is 16.9 Å². The van der Waals surface area contributed by atoms with Crippen molar-refractivity contribution in [3.05, 3.63) is 40.0 Å². The normalized spacial score (nSPS) is 11.3. The molecule has 2 rings (SSSR count). The van der Waals surface area contributed by atoms with Gasteiger partial charge in [0.2, 0.25) is 0 Å². The molecule has 0 saturated carbocycles. The van der Waals surface area contributed by atoms with Crippen LogP contribution in [0.3, 0.4) is 0 Å². The topological polar surface area (TPSA) is 96.4 Å². The summed E-state index contributed by atoms with van der Waals surface area (Å²) in [6.45, 7) is 1.54. The van der Waals surface area contributed by atoms with Crippen LogP contribution >= 0.6 is 22.9 Å². The van der Waals surface area contributed by atoms with Crippen LogP contribution in [0.4, 0.5) is 5.69 Å². The van der Waals surface area contributed by atoms with Crippen molar-refractivity contribution in [3.63, 3.8) is 0 Å². The van der Waals surface area contributed by atoms with Crippen LogP contribution in [0.25, 0.3) is 0 Å². The van der Waals surface area contributed by atoms with Crippen LogP contribution in [0.15, 0.2) is 28.6 Å². The minimum absolute atomic E-state index is 0.0114. The monoisotopic (exact) mass is 332 g/mol. The van der Waals surface area contributed by atoms with E-state index in [9.17, 15) is 13.2 Å². The maximum Gasteiger partial charge on any atom is 0.346 e. The third-order valence-corrected chi connectivity index (χ3v) is 5.72. The van der Waals surface area contributed by atoms with Crippen LogP contribution in [0.5, 0.6) is 0 Å². The van der Waals surface area contributed by atoms with Gasteiger partial charge < -0.3 is 5.11 Å². The first-order chi connectivity index (χ1) is 9.31. The lowest BCUT2D eigenvalue weighted by atomic mass is 10.3. The molecular weight excluding hydrogens is 324 g/mol. The number of carboxylic acid groups (broad SMARTS) is 1. The van der Waals surface area contributed by atoms with Crippen LogP contribution in [0, 0.1) is 6.92 Å². The van der Waals surface area contributed by atoms with E-state index in [1.54, 1.807) is 0 Å². The summed E-state index contributed by atoms with van der Waals surface area (Å²) in [6.07, 6.45) is 1.43. The fourth-order valence-electron chi connectivity index (χ4n) is 1.45. The number of rotatable bonds is 4. The second kappa shape index (κ2) is 5.39. The first kappa shape index (κ1) is 14.8. The van der Waals surface area contributed by atoms with Crippen LogP contribution < -0.4 is 4.72 Å². The number of pyridine rings is 1. The zero-order valence-electron chi connectivity index (χ0n) is 10.1. The van der Waals surface area contributed by atoms with Gasteiger partial charge >= 0.3 is 5.97 Å². The molecule has 2 N–H and O–H groups in total. The van der Waals surface area contributed by atoms with Crippen molar-refractivity contribution in [3.8, 4) is 0 Å². The maximum atomic E-state index is 12.2. The molecule has 0 aliphatic carbocycles. The minimum atomic E-state index is -3.89. The Labute approximate surface area is 124 Å². The summed E-state index contributed by atoms with van der Waals surface area (Å²) in [5.74, 6) is -1.16. The quantitative estimate of drug-likeness (QED) is 0.839. The number of carboxylic acids is 1. The minimum Gasteiger partial charge on any atom is -0.477 e. The van der Waals surface area contributed by atoms with Crippen molar-refractivity contribution in [1.82, 2.24) is 4.98 Å². The van der Waals surface area contributed by atoms with E-state index in [1.165, 1.54) is 31.3 Å². The van der Waals surface area contributed by atoms with Gasteiger partial charge in [-0.05, 0) is 30.7 Å². The molecule has 0 fully saturated rings. The summed E-state index contributed by atoms with van der Waals surface area (Å²) < 4.78 is 26.5. The highest BCUT2D eigenvalue weighted by molar-refractivity contribution is 7.94. The number of nitrogens with one attached hydrogen (secondary N) is 1. The average molecular weight is 333 g/mol. The Morgan fingerprint density at radius 2 is 2.20 bits per heavy atom. The number of hydrogen-bond acceptors (Lipinski definition) is 5. The summed E-state index contributed by atoms with van der Waals surface area (Å²) >= 11 is 6.46. The van der Waals surface area contributed by atoms with Crippen LogP contribution in [-0.2, 0) is 10.0 Å². The van der Waals surface area contributed by atoms with Gasteiger partial charge in [0.05, 0.1) is 5.69 Å². The molecule has 2 aromatic rings. The van der Waals surface area contributed by atoms with E-state index in [-0.39, 0.29) is 19.9 Å². The molecule has 20 heavy (non-hydrogen) atoms. The Bertz CT molecular complexity index is 770. The summed E-state index contributed by atoms with van der Waals surface area (Å²) in [5, 5.41) is 8.96. The fourth-order valence-corrected chi connectivity index (χ4v) is 4.12. The van der Waals surface area contributed by atoms with E-state index >= 15 is 0 Å². The van der Waals surface area contributed by atoms with Crippen molar-refractivity contribution >= 4 is 44.6 Å². The van der Waals surface area contributed by atoms with E-state index in [1.807, 2.05) is 0 Å². The van der Waals surface area contributed by atoms with Gasteiger partial charge in [-0.1, -0.05) is 11.6 Å². The van der Waals surface area contributed by atoms with Crippen LogP contribution in [-0.4, -0.2) is 24.5 Å². The second-order valence-corrected chi connectivity index (χ2v) is 7.15. The van der Waals surface area contributed by atoms with Gasteiger partial charge in [0.15, 0.2) is 5.15 Å². The van der Waals surface area contributed by atoms with Gasteiger partial charge in [-0.3, -0.25) is 4.72 Å². The summed E-state index contributed by atoms with van der Waals surface area (Å²) in [7, 11) is -3.89. The number of sulfonamides is 1. The molecule has 6 nitrogen and oxygen atoms in total. The molecule has 0 atom stereocenters. The van der Waals surface area contributed by atoms with Gasteiger partial charge in [-0.25, -0.2) is 18.2 Å². The van der Waals surface area contributed by atoms with Crippen LogP contribution in [0.2, 0.25) is 5.15 Å². The largest absolute Gasteiger partial charge is 0.477 e. The molecule has 2 aromatic heterocycles. The molecule has 0 aromatic carbocycles. The highest BCUT2D eigenvalue weighted by Crippen LogP contribution is 2.29. The standard InChI is InChI=1S/C11H9ClN2O4S2/c1-6-5-8(19-9(6)11(15)16)20(17,18)14-7-3-2-4-13-10(7)12/h2-5,14H,1H3,(H,15,16). The van der Waals surface area contributed by atoms with Gasteiger partial charge in [0, 0.05) is 6.20 Å². The SMILES string of the molecule is Cc1cc(S(=O)(=O)Nc2cccnc2Cl)sc1C(=O)O. The Hall–Kier alpha value is -1.64. The predicted octanol–water partition coefficient (Wildman–Crippen LogP) is 2.60. The molecule has 0 unspecified atom stereocenters. The lowest BCUT2D eigenvalue weighted by Crippen LogP contribution is -2.12. The molecule has 9 heteroatoms. The number of thiophene rings is 1. The molecule has 0 aliphatic heterocycles. The molecule has 0 saturated heterocycles. The Kier molecular flexibility index (Phi) is 3.98. The molecule has 2 heterocycles. The molecule has 0 bridgehead atoms. The number of aryl methyl sites for hydroxylation is 1. The molecule has 0 spiro atoms. The zero-order valence-corrected chi connectivity index (χ0v) is 12.5. The lowest BCUT2D eigenvalue weighted by Gasteiger charge is -2.06. The fraction of sp³-hybridized carbons (Fsp3) is 0.0909. The Morgan fingerprint density at radius 3 is 2.75 bits per heavy atom. The van der Waals surface area contributed by atoms with E-state index in [2.05, 4.69) is 9.71 Å². The number of nitrogens with zero attached hydrogens (tertiary/aromatic N) is 1. The summed E-state index contributed by atoms with van der Waals surface area (Å²) in [5.41, 5.74) is 0.525. The van der Waals surface area contributed by atoms with Crippen molar-refractivity contribution in [2.75, 3.05) is 4.72 Å². The first-order valence-corrected chi connectivity index (χ1v) is 7.96. The first-order valence-electron chi connectivity index (χ1n) is 5.28. The van der Waals surface area contributed by atoms with E-state index in [4.69, 9.17) is 16.7 Å². The molecular formula is C11H9ClN2O4S2. The smallest absolute Gasteiger partial charge is 0.346 e. The molecule has 106 valence electrons. The van der Waals surface area contributed by atoms with Crippen molar-refractivity contribution < 1.29 is 18.3 Å². The van der Waals surface area contributed by atoms with Crippen molar-refractivity contribution in [2.24, 2.45) is 0 Å². The Morgan fingerprint density at radius 1 is 1.50 bits per heavy atom. The third-order valence-electron chi connectivity index (χ3n) is 2.36. The third kappa shape index (κ3) is 2.92. The highest BCUT2D eigenvalue weighted by atomic mass is 35.5. The number of anilines is 1. The number of hydrogen-bond donors (Lipinski definition) is 2. The number of carbonyl (C=O) groups is 1. The second-order valence-electron chi connectivity index (χ2n) is 3.83. The number of aromatic carboxylic acids is 1. The lowest BCUT2D eigenvalue weighted by molar-refractivity contribution is 0.0701. The predicted molar refractivity (Wildman–Crippen MR) is 76.1 cm³/mol. The van der Waals surface area contributed by atoms with Crippen LogP contribution in [0.1, 0.15) is 15.2 Å². The van der Waals surface area contributed by atoms with E-state index in [0.717, 1.165) is 0 Å². The molecule has 0 aliphatic rings. The zero-order chi connectivity index (χ0) is 14.9. The van der Waals surface area contributed by atoms with Gasteiger partial charge in [-0.2, -0.15) is 0 Å². The van der Waals surface area contributed by atoms with Gasteiger partial charge in [-0.15, -0.1) is 11.3 Å². The van der Waals surface area contributed by atoms with Crippen molar-refractivity contribution in [2.45, 2.75) is 11.1 Å². The molecule has 0 amide bonds. The summed E-state index contributed by atoms with van der Waals surface area (Å²) in [4.78, 5) is 14.7. The molecule has 0 radical (unpaired) electrons. The number of halogens is 1. The highest BCUT2D eigenvalue weighted by Gasteiger charge is 2.22. The summed E-state index contributed by atoms with van der Waals surface area (Å²) in [6, 6.07) is 4.30. The average Bonchev–Trinajstić information content (AvgIpc) is 2.75. The van der Waals surface area contributed by atoms with Gasteiger partial charge in [0.25, 0.3) is 10.0 Å². The maximum absolute atomic E-state index is 12.2. The van der Waals surface area contributed by atoms with E-state index < -0.39 is 16.0 Å². The van der Waals surface area contributed by atoms with Gasteiger partial charge in [0.1, 0.15) is 9.09 Å².